The zero-order valence-electron chi connectivity index (χ0n) is 24.0. The Balaban J connectivity index is 1.91. The first kappa shape index (κ1) is 32.6. The summed E-state index contributed by atoms with van der Waals surface area (Å²) in [5, 5.41) is 0. The zero-order valence-corrected chi connectivity index (χ0v) is 24.0. The van der Waals surface area contributed by atoms with Crippen molar-refractivity contribution in [3.8, 4) is 0 Å². The van der Waals surface area contributed by atoms with Gasteiger partial charge < -0.3 is 14.2 Å². The van der Waals surface area contributed by atoms with Crippen molar-refractivity contribution in [3.05, 3.63) is 35.9 Å². The number of hydrogen-bond acceptors (Lipinski definition) is 4. The fraction of sp³-hybridized carbons (Fsp3) is 0.781. The van der Waals surface area contributed by atoms with Crippen LogP contribution < -0.4 is 0 Å². The van der Waals surface area contributed by atoms with Crippen molar-refractivity contribution in [1.82, 2.24) is 0 Å². The van der Waals surface area contributed by atoms with Gasteiger partial charge in [0.25, 0.3) is 0 Å². The van der Waals surface area contributed by atoms with Crippen LogP contribution in [-0.4, -0.2) is 30.9 Å². The Morgan fingerprint density at radius 3 is 1.86 bits per heavy atom. The van der Waals surface area contributed by atoms with Crippen LogP contribution >= 0.6 is 0 Å². The lowest BCUT2D eigenvalue weighted by atomic mass is 10.0. The average Bonchev–Trinajstić information content (AvgIpc) is 2.85. The standard InChI is InChI=1S/C32H56O4/c1-5-6-7-8-9-10-11-12-13-14-15-16-17-21-25-35-31(33)27-29(2)34-26-24-32(3,4)36-28-30-22-19-18-20-23-30/h18-20,22-23,29H,5-17,21,24-28H2,1-4H3. The molecule has 36 heavy (non-hydrogen) atoms. The number of carbonyl (C=O) groups excluding carboxylic acids is 1. The summed E-state index contributed by atoms with van der Waals surface area (Å²) in [5.74, 6) is -0.156. The van der Waals surface area contributed by atoms with Crippen molar-refractivity contribution < 1.29 is 19.0 Å². The van der Waals surface area contributed by atoms with E-state index in [2.05, 4.69) is 32.9 Å². The van der Waals surface area contributed by atoms with Gasteiger partial charge in [-0.2, -0.15) is 0 Å². The first-order valence-electron chi connectivity index (χ1n) is 14.9. The van der Waals surface area contributed by atoms with E-state index >= 15 is 0 Å². The molecule has 0 fully saturated rings. The van der Waals surface area contributed by atoms with Gasteiger partial charge in [0.2, 0.25) is 0 Å². The smallest absolute Gasteiger partial charge is 0.308 e. The van der Waals surface area contributed by atoms with Crippen LogP contribution in [-0.2, 0) is 25.6 Å². The molecule has 0 aromatic heterocycles. The van der Waals surface area contributed by atoms with Crippen molar-refractivity contribution in [2.45, 2.75) is 149 Å². The van der Waals surface area contributed by atoms with E-state index < -0.39 is 0 Å². The fourth-order valence-electron chi connectivity index (χ4n) is 4.27. The summed E-state index contributed by atoms with van der Waals surface area (Å²) in [4.78, 5) is 12.1. The highest BCUT2D eigenvalue weighted by Gasteiger charge is 2.19. The van der Waals surface area contributed by atoms with Crippen LogP contribution in [0.1, 0.15) is 136 Å². The number of hydrogen-bond donors (Lipinski definition) is 0. The van der Waals surface area contributed by atoms with E-state index in [0.717, 1.165) is 19.3 Å². The number of ether oxygens (including phenoxy) is 3. The maximum absolute atomic E-state index is 12.1. The lowest BCUT2D eigenvalue weighted by Gasteiger charge is -2.26. The second kappa shape index (κ2) is 21.7. The van der Waals surface area contributed by atoms with Crippen LogP contribution in [0.15, 0.2) is 30.3 Å². The Bertz CT molecular complexity index is 628. The van der Waals surface area contributed by atoms with Crippen LogP contribution in [0.3, 0.4) is 0 Å². The first-order valence-corrected chi connectivity index (χ1v) is 14.9. The van der Waals surface area contributed by atoms with Gasteiger partial charge in [-0.1, -0.05) is 121 Å². The number of benzene rings is 1. The van der Waals surface area contributed by atoms with E-state index in [1.165, 1.54) is 82.6 Å². The summed E-state index contributed by atoms with van der Waals surface area (Å²) in [5.41, 5.74) is 0.894. The van der Waals surface area contributed by atoms with Gasteiger partial charge in [0.05, 0.1) is 31.3 Å². The molecule has 4 heteroatoms. The molecular formula is C32H56O4. The van der Waals surface area contributed by atoms with Crippen LogP contribution in [0.4, 0.5) is 0 Å². The van der Waals surface area contributed by atoms with E-state index in [1.807, 2.05) is 25.1 Å². The third-order valence-electron chi connectivity index (χ3n) is 6.79. The highest BCUT2D eigenvalue weighted by atomic mass is 16.5. The monoisotopic (exact) mass is 504 g/mol. The third-order valence-corrected chi connectivity index (χ3v) is 6.79. The first-order chi connectivity index (χ1) is 17.4. The molecule has 0 aliphatic rings. The Kier molecular flexibility index (Phi) is 19.6. The van der Waals surface area contributed by atoms with E-state index in [4.69, 9.17) is 14.2 Å². The molecule has 0 N–H and O–H groups in total. The minimum atomic E-state index is -0.274. The van der Waals surface area contributed by atoms with E-state index in [0.29, 0.717) is 26.2 Å². The summed E-state index contributed by atoms with van der Waals surface area (Å²) >= 11 is 0. The molecule has 0 heterocycles. The number of rotatable bonds is 24. The van der Waals surface area contributed by atoms with Gasteiger partial charge in [-0.15, -0.1) is 0 Å². The van der Waals surface area contributed by atoms with E-state index in [1.54, 1.807) is 0 Å². The number of unbranched alkanes of at least 4 members (excludes halogenated alkanes) is 13. The molecule has 208 valence electrons. The fourth-order valence-corrected chi connectivity index (χ4v) is 4.27. The SMILES string of the molecule is CCCCCCCCCCCCCCCCOC(=O)CC(C)OCCC(C)(C)OCc1ccccc1. The van der Waals surface area contributed by atoms with Gasteiger partial charge in [-0.3, -0.25) is 4.79 Å². The van der Waals surface area contributed by atoms with Crippen LogP contribution in [0.25, 0.3) is 0 Å². The van der Waals surface area contributed by atoms with E-state index in [-0.39, 0.29) is 17.7 Å². The lowest BCUT2D eigenvalue weighted by molar-refractivity contribution is -0.147. The minimum absolute atomic E-state index is 0.140. The highest BCUT2D eigenvalue weighted by Crippen LogP contribution is 2.18. The van der Waals surface area contributed by atoms with E-state index in [9.17, 15) is 4.79 Å². The molecule has 1 aromatic carbocycles. The predicted molar refractivity (Wildman–Crippen MR) is 151 cm³/mol. The topological polar surface area (TPSA) is 44.8 Å². The van der Waals surface area contributed by atoms with Crippen molar-refractivity contribution in [1.29, 1.82) is 0 Å². The molecular weight excluding hydrogens is 448 g/mol. The molecule has 1 aromatic rings. The van der Waals surface area contributed by atoms with Gasteiger partial charge in [-0.05, 0) is 39.2 Å². The normalized spacial score (nSPS) is 12.6. The van der Waals surface area contributed by atoms with Crippen molar-refractivity contribution >= 4 is 5.97 Å². The highest BCUT2D eigenvalue weighted by molar-refractivity contribution is 5.69. The molecule has 0 saturated heterocycles. The molecule has 0 spiro atoms. The maximum Gasteiger partial charge on any atom is 0.308 e. The molecule has 0 saturated carbocycles. The van der Waals surface area contributed by atoms with Crippen LogP contribution in [0, 0.1) is 0 Å². The second-order valence-electron chi connectivity index (χ2n) is 11.0. The van der Waals surface area contributed by atoms with Gasteiger partial charge >= 0.3 is 5.97 Å². The predicted octanol–water partition coefficient (Wildman–Crippen LogP) is 9.19. The van der Waals surface area contributed by atoms with Crippen molar-refractivity contribution in [3.63, 3.8) is 0 Å². The Morgan fingerprint density at radius 1 is 0.778 bits per heavy atom. The molecule has 1 unspecified atom stereocenters. The van der Waals surface area contributed by atoms with Gasteiger partial charge in [0.15, 0.2) is 0 Å². The molecule has 0 aliphatic carbocycles. The Morgan fingerprint density at radius 2 is 1.31 bits per heavy atom. The van der Waals surface area contributed by atoms with Crippen molar-refractivity contribution in [2.75, 3.05) is 13.2 Å². The second-order valence-corrected chi connectivity index (χ2v) is 11.0. The lowest BCUT2D eigenvalue weighted by Crippen LogP contribution is -2.27. The van der Waals surface area contributed by atoms with Gasteiger partial charge in [-0.25, -0.2) is 0 Å². The molecule has 1 rings (SSSR count). The summed E-state index contributed by atoms with van der Waals surface area (Å²) in [6.45, 7) is 10.1. The summed E-state index contributed by atoms with van der Waals surface area (Å²) in [7, 11) is 0. The summed E-state index contributed by atoms with van der Waals surface area (Å²) in [6.07, 6.45) is 19.5. The largest absolute Gasteiger partial charge is 0.466 e. The van der Waals surface area contributed by atoms with Crippen LogP contribution in [0.5, 0.6) is 0 Å². The summed E-state index contributed by atoms with van der Waals surface area (Å²) < 4.78 is 17.3. The van der Waals surface area contributed by atoms with Gasteiger partial charge in [0.1, 0.15) is 0 Å². The quantitative estimate of drug-likeness (QED) is 0.104. The number of esters is 1. The molecule has 4 nitrogen and oxygen atoms in total. The number of carbonyl (C=O) groups is 1. The average molecular weight is 505 g/mol. The summed E-state index contributed by atoms with van der Waals surface area (Å²) in [6, 6.07) is 10.2. The zero-order chi connectivity index (χ0) is 26.3. The molecule has 0 aliphatic heterocycles. The third kappa shape index (κ3) is 19.8. The minimum Gasteiger partial charge on any atom is -0.466 e. The Hall–Kier alpha value is -1.39. The van der Waals surface area contributed by atoms with Crippen LogP contribution in [0.2, 0.25) is 0 Å². The molecule has 0 amide bonds. The molecule has 0 radical (unpaired) electrons. The van der Waals surface area contributed by atoms with Crippen molar-refractivity contribution in [2.24, 2.45) is 0 Å². The molecule has 0 bridgehead atoms. The maximum atomic E-state index is 12.1. The van der Waals surface area contributed by atoms with Gasteiger partial charge in [0, 0.05) is 6.61 Å². The molecule has 1 atom stereocenters. The Labute approximate surface area is 222 Å².